The van der Waals surface area contributed by atoms with Crippen LogP contribution in [0.5, 0.6) is 0 Å². The van der Waals surface area contributed by atoms with Crippen molar-refractivity contribution in [1.29, 1.82) is 0 Å². The second kappa shape index (κ2) is 10.9. The van der Waals surface area contributed by atoms with Crippen LogP contribution in [0.4, 0.5) is 13.6 Å². The van der Waals surface area contributed by atoms with E-state index >= 15 is 0 Å². The molecule has 0 unspecified atom stereocenters. The molecule has 0 spiro atoms. The number of alkyl carbamates (subject to hydrolysis) is 1. The molecule has 1 aliphatic carbocycles. The number of fused-ring (bicyclic) bond motifs is 1. The van der Waals surface area contributed by atoms with E-state index < -0.39 is 45.8 Å². The van der Waals surface area contributed by atoms with E-state index in [1.807, 2.05) is 33.8 Å². The summed E-state index contributed by atoms with van der Waals surface area (Å²) in [6.45, 7) is 16.8. The smallest absolute Gasteiger partial charge is 0.408 e. The van der Waals surface area contributed by atoms with Gasteiger partial charge in [0.15, 0.2) is 5.65 Å². The molecule has 2 aromatic rings. The van der Waals surface area contributed by atoms with Crippen LogP contribution in [0.15, 0.2) is 30.6 Å². The van der Waals surface area contributed by atoms with Gasteiger partial charge >= 0.3 is 6.09 Å². The zero-order valence-electron chi connectivity index (χ0n) is 22.7. The van der Waals surface area contributed by atoms with Gasteiger partial charge in [0.25, 0.3) is 0 Å². The molecule has 2 aromatic heterocycles. The van der Waals surface area contributed by atoms with Crippen molar-refractivity contribution in [3.63, 3.8) is 0 Å². The van der Waals surface area contributed by atoms with Crippen LogP contribution in [0, 0.1) is 5.92 Å². The second-order valence-electron chi connectivity index (χ2n) is 11.9. The highest BCUT2D eigenvalue weighted by Gasteiger charge is 2.40. The van der Waals surface area contributed by atoms with Gasteiger partial charge in [-0.25, -0.2) is 23.1 Å². The first kappa shape index (κ1) is 29.3. The molecule has 1 amide bonds. The number of alkyl halides is 2. The van der Waals surface area contributed by atoms with Crippen molar-refractivity contribution in [2.24, 2.45) is 5.92 Å². The standard InChI is InChI=1S/C26H39F2N5O3S/c1-16(2)21(32-37(35)25(6,7)8)18-13-20-30-19(15-33(20)29-14-18)22(31-23(34)36-24(3,4)5)17-9-11-26(27,28)12-10-17/h13-15,17,21-22,32H,1,9-12H2,2-8H3,(H,31,34)/t21-,22-,37-/m0/s1. The number of rotatable bonds is 7. The second-order valence-corrected chi connectivity index (χ2v) is 13.9. The molecular formula is C26H39F2N5O3S. The normalized spacial score (nSPS) is 19.3. The molecule has 2 heterocycles. The maximum atomic E-state index is 13.9. The van der Waals surface area contributed by atoms with Gasteiger partial charge in [-0.15, -0.1) is 4.72 Å². The van der Waals surface area contributed by atoms with Gasteiger partial charge in [0.1, 0.15) is 10.3 Å². The van der Waals surface area contributed by atoms with Crippen LogP contribution >= 0.6 is 0 Å². The number of carbonyl (C=O) groups is 1. The van der Waals surface area contributed by atoms with Gasteiger partial charge in [-0.1, -0.05) is 12.2 Å². The van der Waals surface area contributed by atoms with E-state index in [4.69, 9.17) is 9.72 Å². The Labute approximate surface area is 220 Å². The molecule has 11 heteroatoms. The molecule has 0 aromatic carbocycles. The van der Waals surface area contributed by atoms with Crippen LogP contribution in [-0.4, -0.2) is 41.5 Å². The summed E-state index contributed by atoms with van der Waals surface area (Å²) >= 11 is -1.34. The molecule has 0 bridgehead atoms. The summed E-state index contributed by atoms with van der Waals surface area (Å²) in [4.78, 5) is 17.4. The molecular weight excluding hydrogens is 500 g/mol. The lowest BCUT2D eigenvalue weighted by Crippen LogP contribution is -2.41. The fourth-order valence-corrected chi connectivity index (χ4v) is 5.12. The fourth-order valence-electron chi connectivity index (χ4n) is 4.22. The largest absolute Gasteiger partial charge is 0.598 e. The number of carbonyl (C=O) groups excluding carboxylic acids is 1. The monoisotopic (exact) mass is 539 g/mol. The number of imidazole rings is 1. The first-order valence-electron chi connectivity index (χ1n) is 12.5. The highest BCUT2D eigenvalue weighted by atomic mass is 32.2. The van der Waals surface area contributed by atoms with E-state index in [1.54, 1.807) is 37.7 Å². The molecule has 0 saturated heterocycles. The Morgan fingerprint density at radius 2 is 1.89 bits per heavy atom. The Morgan fingerprint density at radius 3 is 2.43 bits per heavy atom. The summed E-state index contributed by atoms with van der Waals surface area (Å²) in [5.41, 5.74) is 1.83. The van der Waals surface area contributed by atoms with Crippen LogP contribution < -0.4 is 10.0 Å². The summed E-state index contributed by atoms with van der Waals surface area (Å²) in [7, 11) is 0. The van der Waals surface area contributed by atoms with Crippen molar-refractivity contribution in [2.75, 3.05) is 0 Å². The van der Waals surface area contributed by atoms with Crippen LogP contribution in [0.3, 0.4) is 0 Å². The lowest BCUT2D eigenvalue weighted by Gasteiger charge is -2.33. The minimum atomic E-state index is -2.69. The molecule has 2 N–H and O–H groups in total. The first-order valence-corrected chi connectivity index (χ1v) is 13.7. The maximum Gasteiger partial charge on any atom is 0.408 e. The minimum absolute atomic E-state index is 0.226. The van der Waals surface area contributed by atoms with Gasteiger partial charge in [0.2, 0.25) is 5.92 Å². The topological polar surface area (TPSA) is 104 Å². The summed E-state index contributed by atoms with van der Waals surface area (Å²) < 4.78 is 50.2. The van der Waals surface area contributed by atoms with Crippen LogP contribution in [0.1, 0.15) is 97.5 Å². The molecule has 37 heavy (non-hydrogen) atoms. The van der Waals surface area contributed by atoms with E-state index in [0.717, 1.165) is 11.1 Å². The van der Waals surface area contributed by atoms with E-state index in [0.29, 0.717) is 11.3 Å². The molecule has 3 atom stereocenters. The Bertz CT molecular complexity index is 1120. The highest BCUT2D eigenvalue weighted by Crippen LogP contribution is 2.41. The van der Waals surface area contributed by atoms with E-state index in [-0.39, 0.29) is 31.6 Å². The predicted octanol–water partition coefficient (Wildman–Crippen LogP) is 5.79. The van der Waals surface area contributed by atoms with Crippen molar-refractivity contribution in [2.45, 2.75) is 103 Å². The van der Waals surface area contributed by atoms with Gasteiger partial charge in [-0.3, -0.25) is 0 Å². The molecule has 1 fully saturated rings. The Morgan fingerprint density at radius 1 is 1.27 bits per heavy atom. The van der Waals surface area contributed by atoms with Gasteiger partial charge in [-0.2, -0.15) is 5.10 Å². The number of aromatic nitrogens is 3. The summed E-state index contributed by atoms with van der Waals surface area (Å²) in [6, 6.07) is 0.802. The van der Waals surface area contributed by atoms with Crippen molar-refractivity contribution < 1.29 is 22.9 Å². The van der Waals surface area contributed by atoms with Crippen molar-refractivity contribution in [3.05, 3.63) is 41.9 Å². The van der Waals surface area contributed by atoms with Gasteiger partial charge in [0, 0.05) is 29.8 Å². The fraction of sp³-hybridized carbons (Fsp3) is 0.654. The van der Waals surface area contributed by atoms with Gasteiger partial charge in [0.05, 0.1) is 30.2 Å². The van der Waals surface area contributed by atoms with Crippen molar-refractivity contribution in [1.82, 2.24) is 24.6 Å². The lowest BCUT2D eigenvalue weighted by atomic mass is 9.81. The molecule has 1 saturated carbocycles. The number of nitrogens with one attached hydrogen (secondary N) is 2. The Kier molecular flexibility index (Phi) is 8.61. The van der Waals surface area contributed by atoms with Crippen molar-refractivity contribution >= 4 is 23.1 Å². The average molecular weight is 540 g/mol. The summed E-state index contributed by atoms with van der Waals surface area (Å²) in [6.07, 6.45) is 2.75. The number of ether oxygens (including phenoxy) is 1. The molecule has 0 radical (unpaired) electrons. The number of amides is 1. The quantitative estimate of drug-likeness (QED) is 0.341. The van der Waals surface area contributed by atoms with E-state index in [2.05, 4.69) is 21.7 Å². The predicted molar refractivity (Wildman–Crippen MR) is 141 cm³/mol. The highest BCUT2D eigenvalue weighted by molar-refractivity contribution is 7.90. The molecule has 206 valence electrons. The third-order valence-corrected chi connectivity index (χ3v) is 7.75. The first-order chi connectivity index (χ1) is 16.9. The third kappa shape index (κ3) is 7.87. The SMILES string of the molecule is C=C(C)[C@H](N[S@@+]([O-])C(C)(C)C)c1cnn2cc([C@@H](NC(=O)OC(C)(C)C)C3CCC(F)(F)CC3)nc2c1. The van der Waals surface area contributed by atoms with Crippen LogP contribution in [-0.2, 0) is 16.1 Å². The zero-order valence-corrected chi connectivity index (χ0v) is 23.5. The third-order valence-electron chi connectivity index (χ3n) is 6.19. The molecule has 8 nitrogen and oxygen atoms in total. The number of hydrogen-bond donors (Lipinski definition) is 2. The summed E-state index contributed by atoms with van der Waals surface area (Å²) in [5.74, 6) is -2.92. The zero-order chi connectivity index (χ0) is 27.8. The van der Waals surface area contributed by atoms with Crippen LogP contribution in [0.2, 0.25) is 0 Å². The summed E-state index contributed by atoms with van der Waals surface area (Å²) in [5, 5.41) is 7.34. The maximum absolute atomic E-state index is 13.9. The van der Waals surface area contributed by atoms with E-state index in [9.17, 15) is 18.1 Å². The molecule has 0 aliphatic heterocycles. The number of hydrogen-bond acceptors (Lipinski definition) is 6. The average Bonchev–Trinajstić information content (AvgIpc) is 3.16. The molecule has 3 rings (SSSR count). The van der Waals surface area contributed by atoms with E-state index in [1.165, 1.54) is 0 Å². The van der Waals surface area contributed by atoms with Gasteiger partial charge in [-0.05, 0) is 73.3 Å². The number of halogens is 2. The van der Waals surface area contributed by atoms with Crippen LogP contribution in [0.25, 0.3) is 5.65 Å². The van der Waals surface area contributed by atoms with Gasteiger partial charge < -0.3 is 14.6 Å². The lowest BCUT2D eigenvalue weighted by molar-refractivity contribution is -0.0500. The number of nitrogens with zero attached hydrogens (tertiary/aromatic N) is 3. The Hall–Kier alpha value is -2.24. The molecule has 1 aliphatic rings. The van der Waals surface area contributed by atoms with Crippen molar-refractivity contribution in [3.8, 4) is 0 Å². The minimum Gasteiger partial charge on any atom is -0.598 e. The Balaban J connectivity index is 1.93.